The van der Waals surface area contributed by atoms with Crippen LogP contribution in [-0.4, -0.2) is 61.0 Å². The van der Waals surface area contributed by atoms with Gasteiger partial charge in [-0.2, -0.15) is 0 Å². The third kappa shape index (κ3) is 3.68. The van der Waals surface area contributed by atoms with Gasteiger partial charge in [-0.1, -0.05) is 13.3 Å². The number of rotatable bonds is 5. The fourth-order valence-electron chi connectivity index (χ4n) is 3.09. The number of hydrogen-bond acceptors (Lipinski definition) is 4. The molecule has 1 saturated heterocycles. The SMILES string of the molecule is CCCOCC(=O)N1CCOC[C@@H]1[C@H]1CCC[C@@H]1O. The summed E-state index contributed by atoms with van der Waals surface area (Å²) in [6.45, 7) is 4.53. The van der Waals surface area contributed by atoms with E-state index in [2.05, 4.69) is 0 Å². The molecule has 0 aromatic carbocycles. The van der Waals surface area contributed by atoms with Gasteiger partial charge in [0.25, 0.3) is 0 Å². The van der Waals surface area contributed by atoms with Crippen molar-refractivity contribution in [1.29, 1.82) is 0 Å². The number of aliphatic hydroxyl groups excluding tert-OH is 1. The highest BCUT2D eigenvalue weighted by molar-refractivity contribution is 5.78. The van der Waals surface area contributed by atoms with E-state index in [9.17, 15) is 9.90 Å². The Balaban J connectivity index is 1.93. The Morgan fingerprint density at radius 1 is 1.47 bits per heavy atom. The first-order chi connectivity index (χ1) is 9.24. The number of morpholine rings is 1. The predicted octanol–water partition coefficient (Wildman–Crippen LogP) is 0.801. The molecule has 1 N–H and O–H groups in total. The summed E-state index contributed by atoms with van der Waals surface area (Å²) in [5.41, 5.74) is 0. The van der Waals surface area contributed by atoms with Crippen molar-refractivity contribution in [2.75, 3.05) is 33.0 Å². The van der Waals surface area contributed by atoms with Gasteiger partial charge in [-0.15, -0.1) is 0 Å². The minimum atomic E-state index is -0.293. The molecule has 5 heteroatoms. The van der Waals surface area contributed by atoms with Crippen LogP contribution in [0.2, 0.25) is 0 Å². The van der Waals surface area contributed by atoms with Crippen LogP contribution in [0.4, 0.5) is 0 Å². The van der Waals surface area contributed by atoms with Gasteiger partial charge in [-0.25, -0.2) is 0 Å². The standard InChI is InChI=1S/C14H25NO4/c1-2-7-18-10-14(17)15-6-8-19-9-12(15)11-4-3-5-13(11)16/h11-13,16H,2-10H2,1H3/t11-,12-,13+/m1/s1. The van der Waals surface area contributed by atoms with Crippen LogP contribution in [-0.2, 0) is 14.3 Å². The second-order valence-electron chi connectivity index (χ2n) is 5.44. The molecule has 1 aliphatic heterocycles. The lowest BCUT2D eigenvalue weighted by Crippen LogP contribution is -2.54. The average molecular weight is 271 g/mol. The van der Waals surface area contributed by atoms with E-state index in [1.54, 1.807) is 0 Å². The first-order valence-electron chi connectivity index (χ1n) is 7.37. The van der Waals surface area contributed by atoms with Crippen molar-refractivity contribution >= 4 is 5.91 Å². The normalized spacial score (nSPS) is 31.7. The van der Waals surface area contributed by atoms with Gasteiger partial charge >= 0.3 is 0 Å². The molecule has 1 saturated carbocycles. The van der Waals surface area contributed by atoms with Gasteiger partial charge < -0.3 is 19.5 Å². The number of carbonyl (C=O) groups is 1. The van der Waals surface area contributed by atoms with E-state index in [-0.39, 0.29) is 30.6 Å². The van der Waals surface area contributed by atoms with E-state index in [1.807, 2.05) is 11.8 Å². The van der Waals surface area contributed by atoms with Crippen LogP contribution in [0.5, 0.6) is 0 Å². The molecule has 0 unspecified atom stereocenters. The molecule has 0 spiro atoms. The molecule has 5 nitrogen and oxygen atoms in total. The Kier molecular flexibility index (Phi) is 5.60. The van der Waals surface area contributed by atoms with Crippen molar-refractivity contribution in [3.63, 3.8) is 0 Å². The third-order valence-electron chi connectivity index (χ3n) is 4.09. The van der Waals surface area contributed by atoms with Gasteiger partial charge in [0.05, 0.1) is 25.4 Å². The quantitative estimate of drug-likeness (QED) is 0.752. The highest BCUT2D eigenvalue weighted by atomic mass is 16.5. The fourth-order valence-corrected chi connectivity index (χ4v) is 3.09. The summed E-state index contributed by atoms with van der Waals surface area (Å²) >= 11 is 0. The number of amides is 1. The first-order valence-corrected chi connectivity index (χ1v) is 7.37. The van der Waals surface area contributed by atoms with Gasteiger partial charge in [-0.05, 0) is 19.3 Å². The maximum Gasteiger partial charge on any atom is 0.248 e. The number of nitrogens with zero attached hydrogens (tertiary/aromatic N) is 1. The Morgan fingerprint density at radius 3 is 3.00 bits per heavy atom. The second-order valence-corrected chi connectivity index (χ2v) is 5.44. The van der Waals surface area contributed by atoms with E-state index in [0.717, 1.165) is 25.7 Å². The first kappa shape index (κ1) is 14.8. The summed E-state index contributed by atoms with van der Waals surface area (Å²) in [4.78, 5) is 14.1. The van der Waals surface area contributed by atoms with Crippen LogP contribution in [0.25, 0.3) is 0 Å². The van der Waals surface area contributed by atoms with Gasteiger partial charge in [0.2, 0.25) is 5.91 Å². The molecule has 2 rings (SSSR count). The van der Waals surface area contributed by atoms with Crippen molar-refractivity contribution in [3.05, 3.63) is 0 Å². The lowest BCUT2D eigenvalue weighted by Gasteiger charge is -2.40. The molecule has 0 radical (unpaired) electrons. The molecule has 2 aliphatic rings. The minimum Gasteiger partial charge on any atom is -0.393 e. The summed E-state index contributed by atoms with van der Waals surface area (Å²) in [5.74, 6) is 0.191. The summed E-state index contributed by atoms with van der Waals surface area (Å²) in [7, 11) is 0. The van der Waals surface area contributed by atoms with Crippen molar-refractivity contribution in [3.8, 4) is 0 Å². The molecule has 110 valence electrons. The molecule has 0 aromatic heterocycles. The van der Waals surface area contributed by atoms with Crippen LogP contribution in [0.3, 0.4) is 0 Å². The predicted molar refractivity (Wildman–Crippen MR) is 70.8 cm³/mol. The van der Waals surface area contributed by atoms with Gasteiger partial charge in [0.1, 0.15) is 6.61 Å². The fraction of sp³-hybridized carbons (Fsp3) is 0.929. The van der Waals surface area contributed by atoms with Gasteiger partial charge in [0, 0.05) is 19.1 Å². The smallest absolute Gasteiger partial charge is 0.248 e. The Morgan fingerprint density at radius 2 is 2.32 bits per heavy atom. The van der Waals surface area contributed by atoms with Crippen LogP contribution in [0.15, 0.2) is 0 Å². The summed E-state index contributed by atoms with van der Waals surface area (Å²) in [5, 5.41) is 10.0. The minimum absolute atomic E-state index is 0.0176. The van der Waals surface area contributed by atoms with E-state index >= 15 is 0 Å². The molecule has 1 aliphatic carbocycles. The zero-order chi connectivity index (χ0) is 13.7. The third-order valence-corrected chi connectivity index (χ3v) is 4.09. The maximum atomic E-state index is 12.2. The highest BCUT2D eigenvalue weighted by Gasteiger charge is 2.39. The van der Waals surface area contributed by atoms with Crippen molar-refractivity contribution in [1.82, 2.24) is 4.90 Å². The second kappa shape index (κ2) is 7.22. The molecule has 2 fully saturated rings. The molecule has 19 heavy (non-hydrogen) atoms. The Bertz CT molecular complexity index is 297. The number of aliphatic hydroxyl groups is 1. The van der Waals surface area contributed by atoms with Crippen molar-refractivity contribution in [2.45, 2.75) is 44.8 Å². The summed E-state index contributed by atoms with van der Waals surface area (Å²) < 4.78 is 10.8. The monoisotopic (exact) mass is 271 g/mol. The Labute approximate surface area is 114 Å². The van der Waals surface area contributed by atoms with E-state index in [4.69, 9.17) is 9.47 Å². The molecule has 0 aromatic rings. The van der Waals surface area contributed by atoms with Crippen LogP contribution in [0.1, 0.15) is 32.6 Å². The topological polar surface area (TPSA) is 59.0 Å². The lowest BCUT2D eigenvalue weighted by molar-refractivity contribution is -0.148. The maximum absolute atomic E-state index is 12.2. The largest absolute Gasteiger partial charge is 0.393 e. The highest BCUT2D eigenvalue weighted by Crippen LogP contribution is 2.32. The van der Waals surface area contributed by atoms with Gasteiger partial charge in [-0.3, -0.25) is 4.79 Å². The van der Waals surface area contributed by atoms with Crippen LogP contribution < -0.4 is 0 Å². The zero-order valence-corrected chi connectivity index (χ0v) is 11.7. The van der Waals surface area contributed by atoms with Gasteiger partial charge in [0.15, 0.2) is 0 Å². The van der Waals surface area contributed by atoms with Crippen LogP contribution >= 0.6 is 0 Å². The lowest BCUT2D eigenvalue weighted by atomic mass is 9.94. The molecule has 3 atom stereocenters. The molecule has 1 heterocycles. The average Bonchev–Trinajstić information content (AvgIpc) is 2.85. The van der Waals surface area contributed by atoms with Crippen molar-refractivity contribution < 1.29 is 19.4 Å². The van der Waals surface area contributed by atoms with Crippen molar-refractivity contribution in [2.24, 2.45) is 5.92 Å². The molecular formula is C14H25NO4. The number of carbonyl (C=O) groups excluding carboxylic acids is 1. The van der Waals surface area contributed by atoms with Crippen LogP contribution in [0, 0.1) is 5.92 Å². The summed E-state index contributed by atoms with van der Waals surface area (Å²) in [6, 6.07) is 0.0176. The summed E-state index contributed by atoms with van der Waals surface area (Å²) in [6.07, 6.45) is 3.49. The van der Waals surface area contributed by atoms with E-state index in [1.165, 1.54) is 0 Å². The number of hydrogen-bond donors (Lipinski definition) is 1. The number of ether oxygens (including phenoxy) is 2. The van der Waals surface area contributed by atoms with E-state index in [0.29, 0.717) is 26.4 Å². The van der Waals surface area contributed by atoms with E-state index < -0.39 is 0 Å². The molecule has 0 bridgehead atoms. The molecular weight excluding hydrogens is 246 g/mol. The Hall–Kier alpha value is -0.650. The zero-order valence-electron chi connectivity index (χ0n) is 11.7. The molecule has 1 amide bonds.